The van der Waals surface area contributed by atoms with Crippen LogP contribution in [0, 0.1) is 17.5 Å². The third-order valence-corrected chi connectivity index (χ3v) is 7.13. The third kappa shape index (κ3) is 4.60. The monoisotopic (exact) mass is 480 g/mol. The molecule has 0 fully saturated rings. The number of hydrogen-bond donors (Lipinski definition) is 1. The van der Waals surface area contributed by atoms with Crippen molar-refractivity contribution in [1.29, 1.82) is 0 Å². The zero-order valence-corrected chi connectivity index (χ0v) is 19.1. The first-order valence-corrected chi connectivity index (χ1v) is 11.9. The number of benzene rings is 2. The number of halogens is 3. The van der Waals surface area contributed by atoms with E-state index in [0.717, 1.165) is 18.2 Å². The summed E-state index contributed by atoms with van der Waals surface area (Å²) in [5, 5.41) is 7.90. The molecule has 0 amide bonds. The molecule has 1 aliphatic rings. The molecule has 11 heteroatoms. The van der Waals surface area contributed by atoms with Gasteiger partial charge in [0, 0.05) is 24.5 Å². The normalized spacial score (nSPS) is 18.2. The van der Waals surface area contributed by atoms with E-state index in [1.165, 1.54) is 12.1 Å². The lowest BCUT2D eigenvalue weighted by Crippen LogP contribution is -2.39. The van der Waals surface area contributed by atoms with Gasteiger partial charge in [-0.3, -0.25) is 0 Å². The molecule has 4 rings (SSSR count). The number of sulfone groups is 1. The lowest BCUT2D eigenvalue weighted by atomic mass is 9.97. The number of aromatic nitrogens is 2. The summed E-state index contributed by atoms with van der Waals surface area (Å²) in [4.78, 5) is 1.36. The minimum Gasteiger partial charge on any atom is -0.420 e. The molecule has 176 valence electrons. The smallest absolute Gasteiger partial charge is 0.250 e. The zero-order valence-electron chi connectivity index (χ0n) is 18.3. The van der Waals surface area contributed by atoms with Crippen molar-refractivity contribution in [3.63, 3.8) is 0 Å². The molecular weight excluding hydrogens is 457 g/mol. The van der Waals surface area contributed by atoms with Gasteiger partial charge >= 0.3 is 0 Å². The molecule has 7 nitrogen and oxygen atoms in total. The van der Waals surface area contributed by atoms with Crippen LogP contribution in [-0.4, -0.2) is 37.0 Å². The van der Waals surface area contributed by atoms with Crippen molar-refractivity contribution in [3.05, 3.63) is 59.2 Å². The van der Waals surface area contributed by atoms with E-state index in [2.05, 4.69) is 10.2 Å². The molecule has 0 aliphatic carbocycles. The molecule has 2 N–H and O–H groups in total. The van der Waals surface area contributed by atoms with Crippen LogP contribution in [0.5, 0.6) is 0 Å². The fourth-order valence-electron chi connectivity index (χ4n) is 3.65. The van der Waals surface area contributed by atoms with Gasteiger partial charge in [-0.05, 0) is 29.8 Å². The maximum Gasteiger partial charge on any atom is 0.250 e. The fraction of sp³-hybridized carbons (Fsp3) is 0.364. The minimum absolute atomic E-state index is 0.0234. The molecule has 0 saturated heterocycles. The Balaban J connectivity index is 1.85. The standard InChI is InChI=1S/C22H23F3N4O3S/c1-22(2,3)21-28-27-20(32-21)14-7-18-19(8-16(14)24)33(30,31)11-13(26)10-29(18)9-12-4-5-15(23)17(25)6-12/h4-8,13H,9-11,26H2,1-3H3/t13-/m1/s1. The summed E-state index contributed by atoms with van der Waals surface area (Å²) in [6.07, 6.45) is 0. The van der Waals surface area contributed by atoms with E-state index in [1.807, 2.05) is 20.8 Å². The van der Waals surface area contributed by atoms with Crippen LogP contribution in [-0.2, 0) is 21.8 Å². The topological polar surface area (TPSA) is 102 Å². The van der Waals surface area contributed by atoms with Gasteiger partial charge in [0.1, 0.15) is 5.82 Å². The summed E-state index contributed by atoms with van der Waals surface area (Å²) in [5.41, 5.74) is 6.05. The van der Waals surface area contributed by atoms with E-state index in [0.29, 0.717) is 11.5 Å². The second kappa shape index (κ2) is 8.14. The maximum absolute atomic E-state index is 15.1. The molecule has 2 aromatic carbocycles. The SMILES string of the molecule is CC(C)(C)c1nnc(-c2cc3c(cc2F)S(=O)(=O)C[C@H](N)CN3Cc2ccc(F)c(F)c2)o1. The van der Waals surface area contributed by atoms with E-state index in [1.54, 1.807) is 4.90 Å². The minimum atomic E-state index is -3.91. The highest BCUT2D eigenvalue weighted by Gasteiger charge is 2.33. The third-order valence-electron chi connectivity index (χ3n) is 5.27. The van der Waals surface area contributed by atoms with Crippen LogP contribution < -0.4 is 10.6 Å². The molecular formula is C22H23F3N4O3S. The van der Waals surface area contributed by atoms with Gasteiger partial charge in [0.05, 0.1) is 21.9 Å². The highest BCUT2D eigenvalue weighted by atomic mass is 32.2. The largest absolute Gasteiger partial charge is 0.420 e. The van der Waals surface area contributed by atoms with Crippen molar-refractivity contribution in [2.24, 2.45) is 5.73 Å². The van der Waals surface area contributed by atoms with Gasteiger partial charge in [-0.1, -0.05) is 26.8 Å². The van der Waals surface area contributed by atoms with E-state index >= 15 is 4.39 Å². The molecule has 0 bridgehead atoms. The first kappa shape index (κ1) is 23.2. The lowest BCUT2D eigenvalue weighted by Gasteiger charge is -2.26. The number of nitrogens with two attached hydrogens (primary N) is 1. The fourth-order valence-corrected chi connectivity index (χ4v) is 5.29. The zero-order chi connectivity index (χ0) is 24.1. The van der Waals surface area contributed by atoms with Crippen LogP contribution in [0.4, 0.5) is 18.9 Å². The second-order valence-electron chi connectivity index (χ2n) is 9.13. The first-order chi connectivity index (χ1) is 15.3. The van der Waals surface area contributed by atoms with Crippen molar-refractivity contribution in [1.82, 2.24) is 10.2 Å². The highest BCUT2D eigenvalue weighted by molar-refractivity contribution is 7.91. The van der Waals surface area contributed by atoms with Crippen molar-refractivity contribution >= 4 is 15.5 Å². The molecule has 0 unspecified atom stereocenters. The number of hydrogen-bond acceptors (Lipinski definition) is 7. The average molecular weight is 481 g/mol. The van der Waals surface area contributed by atoms with Gasteiger partial charge in [-0.2, -0.15) is 0 Å². The summed E-state index contributed by atoms with van der Waals surface area (Å²) in [5.74, 6) is -3.06. The van der Waals surface area contributed by atoms with Crippen molar-refractivity contribution in [2.45, 2.75) is 43.7 Å². The molecule has 3 aromatic rings. The number of anilines is 1. The summed E-state index contributed by atoms with van der Waals surface area (Å²) in [6.45, 7) is 5.68. The van der Waals surface area contributed by atoms with Crippen molar-refractivity contribution in [2.75, 3.05) is 17.2 Å². The number of rotatable bonds is 3. The summed E-state index contributed by atoms with van der Waals surface area (Å²) >= 11 is 0. The number of fused-ring (bicyclic) bond motifs is 1. The summed E-state index contributed by atoms with van der Waals surface area (Å²) in [7, 11) is -3.91. The van der Waals surface area contributed by atoms with E-state index in [-0.39, 0.29) is 40.9 Å². The van der Waals surface area contributed by atoms with Gasteiger partial charge in [-0.15, -0.1) is 10.2 Å². The van der Waals surface area contributed by atoms with Crippen molar-refractivity contribution in [3.8, 4) is 11.5 Å². The van der Waals surface area contributed by atoms with Gasteiger partial charge < -0.3 is 15.1 Å². The lowest BCUT2D eigenvalue weighted by molar-refractivity contribution is 0.398. The number of nitrogens with zero attached hydrogens (tertiary/aromatic N) is 3. The van der Waals surface area contributed by atoms with Crippen LogP contribution >= 0.6 is 0 Å². The van der Waals surface area contributed by atoms with Crippen LogP contribution in [0.3, 0.4) is 0 Å². The predicted octanol–water partition coefficient (Wildman–Crippen LogP) is 3.57. The van der Waals surface area contributed by atoms with Crippen LogP contribution in [0.1, 0.15) is 32.2 Å². The highest BCUT2D eigenvalue weighted by Crippen LogP contribution is 2.37. The second-order valence-corrected chi connectivity index (χ2v) is 11.1. The van der Waals surface area contributed by atoms with Crippen LogP contribution in [0.25, 0.3) is 11.5 Å². The Hall–Kier alpha value is -2.92. The quantitative estimate of drug-likeness (QED) is 0.611. The molecule has 1 aliphatic heterocycles. The maximum atomic E-state index is 15.1. The Bertz CT molecular complexity index is 1320. The first-order valence-electron chi connectivity index (χ1n) is 10.2. The van der Waals surface area contributed by atoms with Gasteiger partial charge in [-0.25, -0.2) is 21.6 Å². The summed E-state index contributed by atoms with van der Waals surface area (Å²) < 4.78 is 73.6. The van der Waals surface area contributed by atoms with Crippen molar-refractivity contribution < 1.29 is 26.0 Å². The van der Waals surface area contributed by atoms with Gasteiger partial charge in [0.2, 0.25) is 5.89 Å². The van der Waals surface area contributed by atoms with Crippen LogP contribution in [0.15, 0.2) is 39.6 Å². The van der Waals surface area contributed by atoms with E-state index < -0.39 is 38.7 Å². The summed E-state index contributed by atoms with van der Waals surface area (Å²) in [6, 6.07) is 4.86. The molecule has 2 heterocycles. The molecule has 33 heavy (non-hydrogen) atoms. The Morgan fingerprint density at radius 1 is 1.09 bits per heavy atom. The predicted molar refractivity (Wildman–Crippen MR) is 116 cm³/mol. The molecule has 1 aromatic heterocycles. The van der Waals surface area contributed by atoms with Crippen LogP contribution in [0.2, 0.25) is 0 Å². The average Bonchev–Trinajstić information content (AvgIpc) is 3.17. The molecule has 1 atom stereocenters. The Morgan fingerprint density at radius 3 is 2.45 bits per heavy atom. The van der Waals surface area contributed by atoms with Gasteiger partial charge in [0.25, 0.3) is 5.89 Å². The van der Waals surface area contributed by atoms with E-state index in [4.69, 9.17) is 10.2 Å². The molecule has 0 saturated carbocycles. The molecule has 0 radical (unpaired) electrons. The molecule has 0 spiro atoms. The Morgan fingerprint density at radius 2 is 1.82 bits per heavy atom. The van der Waals surface area contributed by atoms with E-state index in [9.17, 15) is 17.2 Å². The Kier molecular flexibility index (Phi) is 5.73. The Labute approximate surface area is 189 Å². The van der Waals surface area contributed by atoms with Gasteiger partial charge in [0.15, 0.2) is 21.5 Å².